The normalized spacial score (nSPS) is 18.9. The summed E-state index contributed by atoms with van der Waals surface area (Å²) in [6.07, 6.45) is 3.84. The Bertz CT molecular complexity index is 731. The molecule has 2 heterocycles. The molecule has 2 N–H and O–H groups in total. The first kappa shape index (κ1) is 27.7. The Balaban J connectivity index is 0.00000385. The molecule has 0 spiro atoms. The summed E-state index contributed by atoms with van der Waals surface area (Å²) in [5.41, 5.74) is 1.30. The van der Waals surface area contributed by atoms with Gasteiger partial charge in [0, 0.05) is 59.8 Å². The number of nitrogens with zero attached hydrogens (tertiary/aromatic N) is 4. The number of aliphatic imine (C=N–C) groups is 1. The Kier molecular flexibility index (Phi) is 12.3. The summed E-state index contributed by atoms with van der Waals surface area (Å²) in [5, 5.41) is 7.01. The van der Waals surface area contributed by atoms with Gasteiger partial charge in [-0.15, -0.1) is 24.0 Å². The van der Waals surface area contributed by atoms with Crippen LogP contribution in [0, 0.1) is 0 Å². The summed E-state index contributed by atoms with van der Waals surface area (Å²) in [4.78, 5) is 22.8. The average Bonchev–Trinajstić information content (AvgIpc) is 2.84. The predicted octanol–water partition coefficient (Wildman–Crippen LogP) is 2.17. The van der Waals surface area contributed by atoms with Crippen molar-refractivity contribution < 1.29 is 9.53 Å². The zero-order valence-electron chi connectivity index (χ0n) is 20.4. The van der Waals surface area contributed by atoms with Crippen LogP contribution >= 0.6 is 24.0 Å². The maximum Gasteiger partial charge on any atom is 0.219 e. The topological polar surface area (TPSA) is 72.4 Å². The van der Waals surface area contributed by atoms with Crippen LogP contribution in [-0.2, 0) is 4.79 Å². The van der Waals surface area contributed by atoms with E-state index in [-0.39, 0.29) is 29.9 Å². The number of carbonyl (C=O) groups is 1. The first-order valence-corrected chi connectivity index (χ1v) is 11.9. The van der Waals surface area contributed by atoms with E-state index in [1.165, 1.54) is 24.8 Å². The van der Waals surface area contributed by atoms with Crippen LogP contribution < -0.4 is 15.4 Å². The second-order valence-corrected chi connectivity index (χ2v) is 8.61. The zero-order valence-corrected chi connectivity index (χ0v) is 22.7. The number of likely N-dealkylation sites (tertiary alicyclic amines) is 1. The molecule has 1 amide bonds. The molecular formula is C24H41IN6O2. The van der Waals surface area contributed by atoms with Gasteiger partial charge >= 0.3 is 0 Å². The fourth-order valence-corrected chi connectivity index (χ4v) is 4.55. The molecule has 0 aromatic heterocycles. The Morgan fingerprint density at radius 1 is 1.03 bits per heavy atom. The van der Waals surface area contributed by atoms with Gasteiger partial charge in [-0.1, -0.05) is 18.6 Å². The molecule has 0 bridgehead atoms. The molecule has 1 aromatic rings. The van der Waals surface area contributed by atoms with Crippen LogP contribution in [0.1, 0.15) is 37.8 Å². The second kappa shape index (κ2) is 14.6. The minimum absolute atomic E-state index is 0. The molecule has 2 aliphatic heterocycles. The zero-order chi connectivity index (χ0) is 22.8. The summed E-state index contributed by atoms with van der Waals surface area (Å²) in [5.74, 6) is 1.90. The van der Waals surface area contributed by atoms with Gasteiger partial charge in [0.05, 0.1) is 13.2 Å². The van der Waals surface area contributed by atoms with Crippen LogP contribution in [0.15, 0.2) is 29.3 Å². The number of ether oxygens (including phenoxy) is 1. The van der Waals surface area contributed by atoms with Crippen LogP contribution in [-0.4, -0.2) is 99.6 Å². The highest BCUT2D eigenvalue weighted by molar-refractivity contribution is 14.0. The maximum absolute atomic E-state index is 11.5. The lowest BCUT2D eigenvalue weighted by Crippen LogP contribution is -2.50. The molecule has 33 heavy (non-hydrogen) atoms. The van der Waals surface area contributed by atoms with Gasteiger partial charge in [-0.05, 0) is 43.6 Å². The molecule has 0 saturated carbocycles. The molecule has 1 aromatic carbocycles. The number of amides is 1. The van der Waals surface area contributed by atoms with Crippen molar-refractivity contribution in [3.63, 3.8) is 0 Å². The van der Waals surface area contributed by atoms with Crippen LogP contribution in [0.4, 0.5) is 0 Å². The van der Waals surface area contributed by atoms with Gasteiger partial charge < -0.3 is 20.3 Å². The molecule has 186 valence electrons. The second-order valence-electron chi connectivity index (χ2n) is 8.61. The number of guanidine groups is 1. The van der Waals surface area contributed by atoms with E-state index in [1.807, 2.05) is 24.1 Å². The van der Waals surface area contributed by atoms with Gasteiger partial charge in [0.15, 0.2) is 5.96 Å². The number of methoxy groups -OCH3 is 1. The third kappa shape index (κ3) is 8.60. The van der Waals surface area contributed by atoms with Crippen molar-refractivity contribution in [2.24, 2.45) is 4.99 Å². The van der Waals surface area contributed by atoms with E-state index >= 15 is 0 Å². The summed E-state index contributed by atoms with van der Waals surface area (Å²) >= 11 is 0. The SMILES string of the molecule is CN=C(NCCN1CCN(C(C)=O)CC1)NCC(c1ccc(OC)cc1)N1CCCCC1.I. The smallest absolute Gasteiger partial charge is 0.219 e. The molecule has 3 rings (SSSR count). The van der Waals surface area contributed by atoms with E-state index in [0.717, 1.165) is 70.6 Å². The summed E-state index contributed by atoms with van der Waals surface area (Å²) in [7, 11) is 3.53. The first-order valence-electron chi connectivity index (χ1n) is 11.9. The number of rotatable bonds is 8. The molecule has 2 fully saturated rings. The predicted molar refractivity (Wildman–Crippen MR) is 145 cm³/mol. The monoisotopic (exact) mass is 572 g/mol. The molecule has 9 heteroatoms. The summed E-state index contributed by atoms with van der Waals surface area (Å²) in [6.45, 7) is 10.0. The molecule has 8 nitrogen and oxygen atoms in total. The Labute approximate surface area is 216 Å². The van der Waals surface area contributed by atoms with Crippen molar-refractivity contribution in [3.05, 3.63) is 29.8 Å². The van der Waals surface area contributed by atoms with Crippen molar-refractivity contribution >= 4 is 35.8 Å². The van der Waals surface area contributed by atoms with E-state index in [4.69, 9.17) is 4.74 Å². The lowest BCUT2D eigenvalue weighted by Gasteiger charge is -2.35. The van der Waals surface area contributed by atoms with E-state index in [1.54, 1.807) is 14.0 Å². The van der Waals surface area contributed by atoms with E-state index in [2.05, 4.69) is 37.6 Å². The Morgan fingerprint density at radius 2 is 1.70 bits per heavy atom. The highest BCUT2D eigenvalue weighted by Crippen LogP contribution is 2.25. The van der Waals surface area contributed by atoms with Gasteiger partial charge in [-0.3, -0.25) is 19.6 Å². The molecule has 0 aliphatic carbocycles. The molecule has 1 atom stereocenters. The number of nitrogens with one attached hydrogen (secondary N) is 2. The van der Waals surface area contributed by atoms with Crippen LogP contribution in [0.5, 0.6) is 5.75 Å². The first-order chi connectivity index (χ1) is 15.6. The quantitative estimate of drug-likeness (QED) is 0.283. The number of carbonyl (C=O) groups excluding carboxylic acids is 1. The third-order valence-corrected chi connectivity index (χ3v) is 6.56. The van der Waals surface area contributed by atoms with Gasteiger partial charge in [0.1, 0.15) is 5.75 Å². The van der Waals surface area contributed by atoms with Gasteiger partial charge in [0.2, 0.25) is 5.91 Å². The van der Waals surface area contributed by atoms with Gasteiger partial charge in [-0.25, -0.2) is 0 Å². The number of piperidine rings is 1. The van der Waals surface area contributed by atoms with Crippen LogP contribution in [0.3, 0.4) is 0 Å². The minimum Gasteiger partial charge on any atom is -0.497 e. The fraction of sp³-hybridized carbons (Fsp3) is 0.667. The van der Waals surface area contributed by atoms with Gasteiger partial charge in [0.25, 0.3) is 0 Å². The number of piperazine rings is 1. The van der Waals surface area contributed by atoms with Crippen molar-refractivity contribution in [1.29, 1.82) is 0 Å². The average molecular weight is 573 g/mol. The molecular weight excluding hydrogens is 531 g/mol. The molecule has 2 aliphatic rings. The highest BCUT2D eigenvalue weighted by atomic mass is 127. The summed E-state index contributed by atoms with van der Waals surface area (Å²) < 4.78 is 5.34. The fourth-order valence-electron chi connectivity index (χ4n) is 4.55. The minimum atomic E-state index is 0. The van der Waals surface area contributed by atoms with Crippen molar-refractivity contribution in [2.75, 3.05) is 73.1 Å². The Hall–Kier alpha value is -1.59. The molecule has 2 saturated heterocycles. The van der Waals surface area contributed by atoms with Crippen molar-refractivity contribution in [1.82, 2.24) is 25.3 Å². The number of hydrogen-bond donors (Lipinski definition) is 2. The highest BCUT2D eigenvalue weighted by Gasteiger charge is 2.23. The Morgan fingerprint density at radius 3 is 2.27 bits per heavy atom. The lowest BCUT2D eigenvalue weighted by molar-refractivity contribution is -0.130. The number of hydrogen-bond acceptors (Lipinski definition) is 5. The lowest BCUT2D eigenvalue weighted by atomic mass is 10.0. The van der Waals surface area contributed by atoms with Crippen LogP contribution in [0.25, 0.3) is 0 Å². The standard InChI is InChI=1S/C24H40N6O2.HI/c1-20(31)29-17-15-28(16-18-29)14-11-26-24(25-2)27-19-23(30-12-5-4-6-13-30)21-7-9-22(32-3)10-8-21;/h7-10,23H,4-6,11-19H2,1-3H3,(H2,25,26,27);1H. The van der Waals surface area contributed by atoms with E-state index in [0.29, 0.717) is 6.04 Å². The van der Waals surface area contributed by atoms with Crippen molar-refractivity contribution in [3.8, 4) is 5.75 Å². The maximum atomic E-state index is 11.5. The van der Waals surface area contributed by atoms with E-state index < -0.39 is 0 Å². The van der Waals surface area contributed by atoms with Crippen molar-refractivity contribution in [2.45, 2.75) is 32.2 Å². The van der Waals surface area contributed by atoms with E-state index in [9.17, 15) is 4.79 Å². The van der Waals surface area contributed by atoms with Gasteiger partial charge in [-0.2, -0.15) is 0 Å². The molecule has 0 radical (unpaired) electrons. The van der Waals surface area contributed by atoms with Crippen LogP contribution in [0.2, 0.25) is 0 Å². The largest absolute Gasteiger partial charge is 0.497 e. The third-order valence-electron chi connectivity index (χ3n) is 6.56. The number of benzene rings is 1. The number of halogens is 1. The molecule has 1 unspecified atom stereocenters. The summed E-state index contributed by atoms with van der Waals surface area (Å²) in [6, 6.07) is 8.75.